The molecule has 1 heterocycles. The van der Waals surface area contributed by atoms with E-state index in [-0.39, 0.29) is 0 Å². The van der Waals surface area contributed by atoms with Gasteiger partial charge < -0.3 is 5.32 Å². The minimum Gasteiger partial charge on any atom is -0.312 e. The van der Waals surface area contributed by atoms with Crippen molar-refractivity contribution in [3.8, 4) is 0 Å². The van der Waals surface area contributed by atoms with E-state index in [9.17, 15) is 0 Å². The van der Waals surface area contributed by atoms with Gasteiger partial charge in [0, 0.05) is 11.7 Å². The molecule has 3 heteroatoms. The molecule has 3 nitrogen and oxygen atoms in total. The number of aryl methyl sites for hydroxylation is 1. The van der Waals surface area contributed by atoms with Crippen LogP contribution in [0.15, 0.2) is 0 Å². The van der Waals surface area contributed by atoms with Gasteiger partial charge in [-0.15, -0.1) is 0 Å². The summed E-state index contributed by atoms with van der Waals surface area (Å²) in [5.74, 6) is 0.879. The maximum atomic E-state index is 4.91. The highest BCUT2D eigenvalue weighted by Gasteiger charge is 2.32. The van der Waals surface area contributed by atoms with Crippen LogP contribution >= 0.6 is 0 Å². The molecule has 1 fully saturated rings. The topological polar surface area (TPSA) is 29.9 Å². The number of nitrogens with zero attached hydrogens (tertiary/aromatic N) is 2. The van der Waals surface area contributed by atoms with Crippen molar-refractivity contribution in [3.63, 3.8) is 0 Å². The second-order valence-electron chi connectivity index (χ2n) is 6.65. The van der Waals surface area contributed by atoms with Gasteiger partial charge in [0.15, 0.2) is 0 Å². The number of likely N-dealkylation sites (N-methyl/N-ethyl adjacent to an activating group) is 1. The number of hydrogen-bond acceptors (Lipinski definition) is 2. The Morgan fingerprint density at radius 2 is 1.95 bits per heavy atom. The molecule has 0 radical (unpaired) electrons. The third-order valence-electron chi connectivity index (χ3n) is 5.23. The summed E-state index contributed by atoms with van der Waals surface area (Å²) in [6.07, 6.45) is 7.73. The summed E-state index contributed by atoms with van der Waals surface area (Å²) in [5, 5.41) is 8.62. The maximum absolute atomic E-state index is 4.91. The molecule has 0 aliphatic heterocycles. The summed E-state index contributed by atoms with van der Waals surface area (Å²) in [6, 6.07) is 1.13. The Balaban J connectivity index is 2.26. The van der Waals surface area contributed by atoms with Gasteiger partial charge in [-0.2, -0.15) is 5.10 Å². The third-order valence-corrected chi connectivity index (χ3v) is 5.23. The molecule has 0 bridgehead atoms. The summed E-state index contributed by atoms with van der Waals surface area (Å²) in [5.41, 5.74) is 4.06. The molecule has 0 spiro atoms. The van der Waals surface area contributed by atoms with Crippen molar-refractivity contribution < 1.29 is 0 Å². The van der Waals surface area contributed by atoms with Crippen LogP contribution in [-0.2, 0) is 6.42 Å². The van der Waals surface area contributed by atoms with Crippen LogP contribution in [0.25, 0.3) is 0 Å². The molecule has 120 valence electrons. The van der Waals surface area contributed by atoms with E-state index in [4.69, 9.17) is 5.10 Å². The molecule has 2 rings (SSSR count). The first-order valence-corrected chi connectivity index (χ1v) is 8.90. The van der Waals surface area contributed by atoms with E-state index in [1.54, 1.807) is 0 Å². The molecule has 1 aromatic heterocycles. The maximum Gasteiger partial charge on any atom is 0.0678 e. The molecule has 1 aliphatic rings. The van der Waals surface area contributed by atoms with Gasteiger partial charge in [-0.1, -0.05) is 33.6 Å². The first kappa shape index (κ1) is 16.5. The van der Waals surface area contributed by atoms with Crippen LogP contribution < -0.4 is 5.32 Å². The van der Waals surface area contributed by atoms with E-state index in [2.05, 4.69) is 44.6 Å². The van der Waals surface area contributed by atoms with Crippen molar-refractivity contribution in [2.24, 2.45) is 5.92 Å². The van der Waals surface area contributed by atoms with Crippen LogP contribution in [0.2, 0.25) is 0 Å². The fraction of sp³-hybridized carbons (Fsp3) is 0.833. The Morgan fingerprint density at radius 3 is 2.52 bits per heavy atom. The second kappa shape index (κ2) is 7.44. The van der Waals surface area contributed by atoms with Crippen LogP contribution in [-0.4, -0.2) is 22.4 Å². The SMILES string of the molecule is CCCC1CCC(NCC)C(n2nc(C)c(CC)c2C)C1. The van der Waals surface area contributed by atoms with Gasteiger partial charge in [0.2, 0.25) is 0 Å². The van der Waals surface area contributed by atoms with E-state index in [1.807, 2.05) is 0 Å². The average Bonchev–Trinajstić information content (AvgIpc) is 2.75. The fourth-order valence-corrected chi connectivity index (χ4v) is 4.20. The standard InChI is InChI=1S/C18H33N3/c1-6-9-15-10-11-17(19-8-3)18(12-15)21-14(5)16(7-2)13(4)20-21/h15,17-19H,6-12H2,1-5H3. The molecule has 3 atom stereocenters. The number of rotatable bonds is 6. The van der Waals surface area contributed by atoms with Gasteiger partial charge in [-0.3, -0.25) is 4.68 Å². The van der Waals surface area contributed by atoms with Crippen molar-refractivity contribution in [3.05, 3.63) is 17.0 Å². The van der Waals surface area contributed by atoms with Gasteiger partial charge in [0.25, 0.3) is 0 Å². The zero-order valence-electron chi connectivity index (χ0n) is 14.6. The molecular formula is C18H33N3. The van der Waals surface area contributed by atoms with Crippen LogP contribution in [0, 0.1) is 19.8 Å². The Bertz CT molecular complexity index is 450. The molecule has 0 saturated heterocycles. The summed E-state index contributed by atoms with van der Waals surface area (Å²) >= 11 is 0. The van der Waals surface area contributed by atoms with Crippen LogP contribution in [0.4, 0.5) is 0 Å². The predicted molar refractivity (Wildman–Crippen MR) is 89.8 cm³/mol. The van der Waals surface area contributed by atoms with Crippen molar-refractivity contribution in [2.45, 2.75) is 85.2 Å². The summed E-state index contributed by atoms with van der Waals surface area (Å²) in [6.45, 7) is 12.2. The first-order chi connectivity index (χ1) is 10.1. The molecule has 1 aromatic rings. The van der Waals surface area contributed by atoms with Crippen molar-refractivity contribution >= 4 is 0 Å². The predicted octanol–water partition coefficient (Wildman–Crippen LogP) is 4.18. The monoisotopic (exact) mass is 291 g/mol. The lowest BCUT2D eigenvalue weighted by Crippen LogP contribution is -2.42. The highest BCUT2D eigenvalue weighted by molar-refractivity contribution is 5.25. The molecule has 21 heavy (non-hydrogen) atoms. The molecular weight excluding hydrogens is 258 g/mol. The average molecular weight is 291 g/mol. The number of aromatic nitrogens is 2. The lowest BCUT2D eigenvalue weighted by molar-refractivity contribution is 0.186. The van der Waals surface area contributed by atoms with Gasteiger partial charge in [-0.05, 0) is 57.6 Å². The summed E-state index contributed by atoms with van der Waals surface area (Å²) in [7, 11) is 0. The van der Waals surface area contributed by atoms with E-state index in [1.165, 1.54) is 49.1 Å². The van der Waals surface area contributed by atoms with E-state index < -0.39 is 0 Å². The molecule has 0 amide bonds. The summed E-state index contributed by atoms with van der Waals surface area (Å²) < 4.78 is 2.35. The molecule has 1 N–H and O–H groups in total. The van der Waals surface area contributed by atoms with Crippen LogP contribution in [0.5, 0.6) is 0 Å². The van der Waals surface area contributed by atoms with Gasteiger partial charge in [0.05, 0.1) is 11.7 Å². The van der Waals surface area contributed by atoms with E-state index >= 15 is 0 Å². The van der Waals surface area contributed by atoms with E-state index in [0.717, 1.165) is 18.9 Å². The van der Waals surface area contributed by atoms with Crippen LogP contribution in [0.1, 0.15) is 75.9 Å². The molecule has 0 aromatic carbocycles. The first-order valence-electron chi connectivity index (χ1n) is 8.90. The Morgan fingerprint density at radius 1 is 1.19 bits per heavy atom. The van der Waals surface area contributed by atoms with Crippen molar-refractivity contribution in [1.29, 1.82) is 0 Å². The third kappa shape index (κ3) is 3.50. The fourth-order valence-electron chi connectivity index (χ4n) is 4.20. The van der Waals surface area contributed by atoms with Crippen molar-refractivity contribution in [1.82, 2.24) is 15.1 Å². The summed E-state index contributed by atoms with van der Waals surface area (Å²) in [4.78, 5) is 0. The highest BCUT2D eigenvalue weighted by Crippen LogP contribution is 2.36. The van der Waals surface area contributed by atoms with Gasteiger partial charge >= 0.3 is 0 Å². The minimum atomic E-state index is 0.536. The second-order valence-corrected chi connectivity index (χ2v) is 6.65. The Labute approximate surface area is 130 Å². The Hall–Kier alpha value is -0.830. The van der Waals surface area contributed by atoms with Gasteiger partial charge in [0.1, 0.15) is 0 Å². The normalized spacial score (nSPS) is 26.2. The molecule has 1 saturated carbocycles. The van der Waals surface area contributed by atoms with E-state index in [0.29, 0.717) is 12.1 Å². The molecule has 3 unspecified atom stereocenters. The largest absolute Gasteiger partial charge is 0.312 e. The zero-order valence-corrected chi connectivity index (χ0v) is 14.6. The quantitative estimate of drug-likeness (QED) is 0.852. The van der Waals surface area contributed by atoms with Crippen molar-refractivity contribution in [2.75, 3.05) is 6.54 Å². The lowest BCUT2D eigenvalue weighted by atomic mass is 9.80. The van der Waals surface area contributed by atoms with Crippen LogP contribution in [0.3, 0.4) is 0 Å². The lowest BCUT2D eigenvalue weighted by Gasteiger charge is -2.37. The number of hydrogen-bond donors (Lipinski definition) is 1. The zero-order chi connectivity index (χ0) is 15.4. The molecule has 1 aliphatic carbocycles. The van der Waals surface area contributed by atoms with Gasteiger partial charge in [-0.25, -0.2) is 0 Å². The highest BCUT2D eigenvalue weighted by atomic mass is 15.3. The Kier molecular flexibility index (Phi) is 5.86. The number of nitrogens with one attached hydrogen (secondary N) is 1. The minimum absolute atomic E-state index is 0.536. The smallest absolute Gasteiger partial charge is 0.0678 e.